The Morgan fingerprint density at radius 3 is 2.80 bits per heavy atom. The summed E-state index contributed by atoms with van der Waals surface area (Å²) in [6.07, 6.45) is 2.13. The quantitative estimate of drug-likeness (QED) is 0.704. The number of rotatable bonds is 8. The number of nitrogens with zero attached hydrogens (tertiary/aromatic N) is 3. The predicted molar refractivity (Wildman–Crippen MR) is 70.3 cm³/mol. The molecule has 0 unspecified atom stereocenters. The van der Waals surface area contributed by atoms with Gasteiger partial charge in [-0.15, -0.1) is 5.10 Å². The van der Waals surface area contributed by atoms with Crippen LogP contribution in [-0.4, -0.2) is 52.2 Å². The van der Waals surface area contributed by atoms with E-state index in [1.165, 1.54) is 6.20 Å². The lowest BCUT2D eigenvalue weighted by atomic mass is 9.90. The summed E-state index contributed by atoms with van der Waals surface area (Å²) in [5.74, 6) is -1.41. The molecule has 1 aromatic rings. The highest BCUT2D eigenvalue weighted by molar-refractivity contribution is 5.91. The number of carboxylic acids is 1. The summed E-state index contributed by atoms with van der Waals surface area (Å²) >= 11 is 0. The van der Waals surface area contributed by atoms with Crippen LogP contribution in [0.4, 0.5) is 0 Å². The number of methoxy groups -OCH3 is 1. The molecule has 20 heavy (non-hydrogen) atoms. The third-order valence-corrected chi connectivity index (χ3v) is 2.78. The zero-order valence-electron chi connectivity index (χ0n) is 11.9. The summed E-state index contributed by atoms with van der Waals surface area (Å²) < 4.78 is 6.12. The van der Waals surface area contributed by atoms with Gasteiger partial charge in [0.15, 0.2) is 5.69 Å². The fourth-order valence-corrected chi connectivity index (χ4v) is 1.50. The Balaban J connectivity index is 2.50. The number of nitrogens with one attached hydrogen (secondary N) is 1. The molecular formula is C12H20N4O4. The van der Waals surface area contributed by atoms with Gasteiger partial charge in [0, 0.05) is 20.3 Å². The van der Waals surface area contributed by atoms with E-state index < -0.39 is 5.97 Å². The molecule has 1 heterocycles. The second-order valence-corrected chi connectivity index (χ2v) is 5.28. The van der Waals surface area contributed by atoms with Crippen LogP contribution in [0.25, 0.3) is 0 Å². The topological polar surface area (TPSA) is 106 Å². The van der Waals surface area contributed by atoms with Crippen molar-refractivity contribution in [2.24, 2.45) is 5.41 Å². The van der Waals surface area contributed by atoms with Crippen LogP contribution >= 0.6 is 0 Å². The zero-order chi connectivity index (χ0) is 15.2. The van der Waals surface area contributed by atoms with Gasteiger partial charge in [-0.25, -0.2) is 4.68 Å². The van der Waals surface area contributed by atoms with Crippen molar-refractivity contribution in [1.29, 1.82) is 0 Å². The molecule has 8 nitrogen and oxygen atoms in total. The number of amides is 1. The van der Waals surface area contributed by atoms with Gasteiger partial charge in [-0.1, -0.05) is 19.1 Å². The minimum absolute atomic E-state index is 0.0945. The number of carbonyl (C=O) groups excluding carboxylic acids is 1. The SMILES string of the molecule is COCCC(C)(C)CNC(=O)c1cn(CC(=O)O)nn1. The Morgan fingerprint density at radius 2 is 2.20 bits per heavy atom. The first-order chi connectivity index (χ1) is 9.34. The molecule has 0 spiro atoms. The van der Waals surface area contributed by atoms with E-state index in [1.54, 1.807) is 7.11 Å². The highest BCUT2D eigenvalue weighted by atomic mass is 16.5. The molecule has 0 saturated heterocycles. The first-order valence-electron chi connectivity index (χ1n) is 6.23. The molecule has 0 atom stereocenters. The lowest BCUT2D eigenvalue weighted by Gasteiger charge is -2.24. The van der Waals surface area contributed by atoms with Crippen molar-refractivity contribution in [1.82, 2.24) is 20.3 Å². The lowest BCUT2D eigenvalue weighted by molar-refractivity contribution is -0.137. The van der Waals surface area contributed by atoms with Crippen molar-refractivity contribution >= 4 is 11.9 Å². The van der Waals surface area contributed by atoms with E-state index in [2.05, 4.69) is 15.6 Å². The van der Waals surface area contributed by atoms with Gasteiger partial charge >= 0.3 is 5.97 Å². The van der Waals surface area contributed by atoms with Crippen molar-refractivity contribution in [2.45, 2.75) is 26.8 Å². The summed E-state index contributed by atoms with van der Waals surface area (Å²) in [5.41, 5.74) is 0.0108. The average Bonchev–Trinajstić information content (AvgIpc) is 2.81. The van der Waals surface area contributed by atoms with E-state index in [0.29, 0.717) is 13.2 Å². The summed E-state index contributed by atoms with van der Waals surface area (Å²) in [6.45, 7) is 4.82. The predicted octanol–water partition coefficient (Wildman–Crippen LogP) is 0.155. The molecule has 0 aliphatic heterocycles. The van der Waals surface area contributed by atoms with Crippen LogP contribution in [0.2, 0.25) is 0 Å². The van der Waals surface area contributed by atoms with Crippen LogP contribution in [0.1, 0.15) is 30.8 Å². The summed E-state index contributed by atoms with van der Waals surface area (Å²) in [6, 6.07) is 0. The van der Waals surface area contributed by atoms with E-state index in [0.717, 1.165) is 11.1 Å². The molecule has 1 amide bonds. The number of hydrogen-bond donors (Lipinski definition) is 2. The van der Waals surface area contributed by atoms with Crippen molar-refractivity contribution in [3.05, 3.63) is 11.9 Å². The van der Waals surface area contributed by atoms with Crippen molar-refractivity contribution in [3.8, 4) is 0 Å². The number of aromatic nitrogens is 3. The van der Waals surface area contributed by atoms with E-state index in [9.17, 15) is 9.59 Å². The second kappa shape index (κ2) is 6.99. The van der Waals surface area contributed by atoms with Gasteiger partial charge < -0.3 is 15.2 Å². The second-order valence-electron chi connectivity index (χ2n) is 5.28. The Kier molecular flexibility index (Phi) is 5.63. The van der Waals surface area contributed by atoms with Crippen molar-refractivity contribution < 1.29 is 19.4 Å². The summed E-state index contributed by atoms with van der Waals surface area (Å²) in [4.78, 5) is 22.4. The Morgan fingerprint density at radius 1 is 1.50 bits per heavy atom. The molecule has 0 saturated carbocycles. The first-order valence-corrected chi connectivity index (χ1v) is 6.23. The van der Waals surface area contributed by atoms with Crippen LogP contribution in [0, 0.1) is 5.41 Å². The Hall–Kier alpha value is -1.96. The van der Waals surface area contributed by atoms with Gasteiger partial charge in [-0.05, 0) is 11.8 Å². The molecule has 112 valence electrons. The highest BCUT2D eigenvalue weighted by Crippen LogP contribution is 2.18. The number of carbonyl (C=O) groups is 2. The third kappa shape index (κ3) is 5.35. The molecule has 0 bridgehead atoms. The number of ether oxygens (including phenoxy) is 1. The van der Waals surface area contributed by atoms with Gasteiger partial charge in [-0.2, -0.15) is 0 Å². The molecule has 0 aliphatic rings. The first kappa shape index (κ1) is 16.1. The number of aliphatic carboxylic acids is 1. The van der Waals surface area contributed by atoms with Crippen LogP contribution in [0.3, 0.4) is 0 Å². The number of hydrogen-bond acceptors (Lipinski definition) is 5. The highest BCUT2D eigenvalue weighted by Gasteiger charge is 2.20. The summed E-state index contributed by atoms with van der Waals surface area (Å²) in [7, 11) is 1.63. The molecule has 0 radical (unpaired) electrons. The lowest BCUT2D eigenvalue weighted by Crippen LogP contribution is -2.34. The van der Waals surface area contributed by atoms with Gasteiger partial charge in [0.1, 0.15) is 6.54 Å². The van der Waals surface area contributed by atoms with Gasteiger partial charge in [0.05, 0.1) is 6.20 Å². The van der Waals surface area contributed by atoms with Crippen LogP contribution < -0.4 is 5.32 Å². The van der Waals surface area contributed by atoms with E-state index in [-0.39, 0.29) is 23.6 Å². The zero-order valence-corrected chi connectivity index (χ0v) is 11.9. The average molecular weight is 284 g/mol. The molecule has 8 heteroatoms. The van der Waals surface area contributed by atoms with Gasteiger partial charge in [0.2, 0.25) is 0 Å². The van der Waals surface area contributed by atoms with Gasteiger partial charge in [0.25, 0.3) is 5.91 Å². The molecule has 1 rings (SSSR count). The maximum absolute atomic E-state index is 11.9. The largest absolute Gasteiger partial charge is 0.480 e. The van der Waals surface area contributed by atoms with Crippen LogP contribution in [0.5, 0.6) is 0 Å². The minimum Gasteiger partial charge on any atom is -0.480 e. The van der Waals surface area contributed by atoms with E-state index in [4.69, 9.17) is 9.84 Å². The van der Waals surface area contributed by atoms with Crippen molar-refractivity contribution in [2.75, 3.05) is 20.3 Å². The normalized spacial score (nSPS) is 11.3. The number of carboxylic acid groups (broad SMARTS) is 1. The van der Waals surface area contributed by atoms with E-state index >= 15 is 0 Å². The fraction of sp³-hybridized carbons (Fsp3) is 0.667. The van der Waals surface area contributed by atoms with E-state index in [1.807, 2.05) is 13.8 Å². The van der Waals surface area contributed by atoms with Crippen LogP contribution in [-0.2, 0) is 16.1 Å². The smallest absolute Gasteiger partial charge is 0.325 e. The Bertz CT molecular complexity index is 470. The molecule has 0 fully saturated rings. The molecule has 0 aliphatic carbocycles. The molecule has 0 aromatic carbocycles. The Labute approximate surface area is 117 Å². The van der Waals surface area contributed by atoms with Gasteiger partial charge in [-0.3, -0.25) is 9.59 Å². The molecular weight excluding hydrogens is 264 g/mol. The summed E-state index contributed by atoms with van der Waals surface area (Å²) in [5, 5.41) is 18.6. The maximum Gasteiger partial charge on any atom is 0.325 e. The maximum atomic E-state index is 11.9. The fourth-order valence-electron chi connectivity index (χ4n) is 1.50. The monoisotopic (exact) mass is 284 g/mol. The van der Waals surface area contributed by atoms with Crippen LogP contribution in [0.15, 0.2) is 6.20 Å². The molecule has 2 N–H and O–H groups in total. The van der Waals surface area contributed by atoms with Crippen molar-refractivity contribution in [3.63, 3.8) is 0 Å². The third-order valence-electron chi connectivity index (χ3n) is 2.78. The standard InChI is InChI=1S/C12H20N4O4/c1-12(2,4-5-20-3)8-13-11(19)9-6-16(15-14-9)7-10(17)18/h6H,4-5,7-8H2,1-3H3,(H,13,19)(H,17,18). The minimum atomic E-state index is -1.04. The molecule has 1 aromatic heterocycles.